The van der Waals surface area contributed by atoms with Gasteiger partial charge in [-0.1, -0.05) is 30.3 Å². The van der Waals surface area contributed by atoms with Crippen LogP contribution in [-0.4, -0.2) is 36.1 Å². The molecular weight excluding hydrogens is 258 g/mol. The minimum absolute atomic E-state index is 0.321. The summed E-state index contributed by atoms with van der Waals surface area (Å²) in [5.74, 6) is 0. The summed E-state index contributed by atoms with van der Waals surface area (Å²) >= 11 is 0. The molecule has 1 saturated heterocycles. The highest BCUT2D eigenvalue weighted by molar-refractivity contribution is 5.41. The Morgan fingerprint density at radius 3 is 2.62 bits per heavy atom. The van der Waals surface area contributed by atoms with E-state index in [1.165, 1.54) is 22.4 Å². The second-order valence-electron chi connectivity index (χ2n) is 5.94. The van der Waals surface area contributed by atoms with Crippen LogP contribution in [0.15, 0.2) is 42.6 Å². The summed E-state index contributed by atoms with van der Waals surface area (Å²) in [4.78, 5) is 7.36. The average Bonchev–Trinajstić information content (AvgIpc) is 2.72. The number of fused-ring (bicyclic) bond motifs is 2. The molecule has 0 amide bonds. The summed E-state index contributed by atoms with van der Waals surface area (Å²) in [6.45, 7) is 4.33. The molecule has 108 valence electrons. The molecule has 1 atom stereocenters. The van der Waals surface area contributed by atoms with Crippen LogP contribution in [0.3, 0.4) is 0 Å². The maximum atomic E-state index is 4.77. The van der Waals surface area contributed by atoms with E-state index in [9.17, 15) is 0 Å². The second-order valence-corrected chi connectivity index (χ2v) is 5.94. The zero-order valence-corrected chi connectivity index (χ0v) is 12.3. The lowest BCUT2D eigenvalue weighted by Gasteiger charge is -2.35. The Kier molecular flexibility index (Phi) is 3.45. The van der Waals surface area contributed by atoms with Crippen LogP contribution in [0.1, 0.15) is 28.4 Å². The Labute approximate surface area is 126 Å². The van der Waals surface area contributed by atoms with Gasteiger partial charge in [0.05, 0.1) is 11.7 Å². The molecule has 0 spiro atoms. The highest BCUT2D eigenvalue weighted by Crippen LogP contribution is 2.35. The van der Waals surface area contributed by atoms with Crippen LogP contribution in [0, 0.1) is 0 Å². The highest BCUT2D eigenvalue weighted by Gasteiger charge is 2.30. The number of rotatable bonds is 1. The second kappa shape index (κ2) is 5.58. The van der Waals surface area contributed by atoms with Gasteiger partial charge in [0.15, 0.2) is 0 Å². The zero-order chi connectivity index (χ0) is 14.1. The molecule has 1 fully saturated rings. The highest BCUT2D eigenvalue weighted by atomic mass is 15.2. The standard InChI is InChI=1S/C18H21N3/c1-2-6-16-14(4-1)7-8-15-5-3-9-20-17(15)18(16)21-12-10-19-11-13-21/h1-6,9,18-19H,7-8,10-13H2. The van der Waals surface area contributed by atoms with E-state index in [2.05, 4.69) is 46.6 Å². The third-order valence-electron chi connectivity index (χ3n) is 4.72. The first-order valence-electron chi connectivity index (χ1n) is 7.90. The van der Waals surface area contributed by atoms with Gasteiger partial charge in [-0.05, 0) is 35.6 Å². The Hall–Kier alpha value is -1.71. The molecular formula is C18H21N3. The Morgan fingerprint density at radius 1 is 0.952 bits per heavy atom. The molecule has 2 heterocycles. The van der Waals surface area contributed by atoms with E-state index in [0.29, 0.717) is 6.04 Å². The van der Waals surface area contributed by atoms with Crippen LogP contribution in [-0.2, 0) is 12.8 Å². The summed E-state index contributed by atoms with van der Waals surface area (Å²) in [7, 11) is 0. The lowest BCUT2D eigenvalue weighted by atomic mass is 9.96. The maximum absolute atomic E-state index is 4.77. The maximum Gasteiger partial charge on any atom is 0.0782 e. The first-order chi connectivity index (χ1) is 10.4. The van der Waals surface area contributed by atoms with Crippen LogP contribution >= 0.6 is 0 Å². The molecule has 1 aliphatic heterocycles. The molecule has 0 bridgehead atoms. The van der Waals surface area contributed by atoms with Crippen molar-refractivity contribution in [3.8, 4) is 0 Å². The largest absolute Gasteiger partial charge is 0.314 e. The van der Waals surface area contributed by atoms with Crippen molar-refractivity contribution in [3.05, 3.63) is 65.0 Å². The van der Waals surface area contributed by atoms with E-state index >= 15 is 0 Å². The predicted octanol–water partition coefficient (Wildman–Crippen LogP) is 2.17. The average molecular weight is 279 g/mol. The van der Waals surface area contributed by atoms with Crippen LogP contribution in [0.2, 0.25) is 0 Å². The molecule has 1 unspecified atom stereocenters. The van der Waals surface area contributed by atoms with Gasteiger partial charge in [0.25, 0.3) is 0 Å². The van der Waals surface area contributed by atoms with Crippen molar-refractivity contribution in [2.24, 2.45) is 0 Å². The Morgan fingerprint density at radius 2 is 1.71 bits per heavy atom. The van der Waals surface area contributed by atoms with Gasteiger partial charge in [0.2, 0.25) is 0 Å². The Balaban J connectivity index is 1.85. The molecule has 1 aromatic carbocycles. The topological polar surface area (TPSA) is 28.2 Å². The molecule has 1 N–H and O–H groups in total. The number of piperazine rings is 1. The van der Waals surface area contributed by atoms with Crippen molar-refractivity contribution in [1.29, 1.82) is 0 Å². The number of hydrogen-bond donors (Lipinski definition) is 1. The van der Waals surface area contributed by atoms with E-state index in [1.807, 2.05) is 6.20 Å². The van der Waals surface area contributed by atoms with Gasteiger partial charge in [0, 0.05) is 32.4 Å². The SMILES string of the molecule is c1ccc2c(c1)CCc1cccnc1C2N1CCNCC1. The molecule has 2 aliphatic rings. The molecule has 2 aromatic rings. The first kappa shape index (κ1) is 13.0. The molecule has 21 heavy (non-hydrogen) atoms. The summed E-state index contributed by atoms with van der Waals surface area (Å²) in [6.07, 6.45) is 4.17. The van der Waals surface area contributed by atoms with Crippen LogP contribution in [0.5, 0.6) is 0 Å². The van der Waals surface area contributed by atoms with Crippen molar-refractivity contribution in [2.75, 3.05) is 26.2 Å². The van der Waals surface area contributed by atoms with Crippen LogP contribution in [0.4, 0.5) is 0 Å². The molecule has 3 nitrogen and oxygen atoms in total. The van der Waals surface area contributed by atoms with Crippen molar-refractivity contribution in [2.45, 2.75) is 18.9 Å². The van der Waals surface area contributed by atoms with Gasteiger partial charge in [-0.25, -0.2) is 0 Å². The third kappa shape index (κ3) is 2.37. The number of benzene rings is 1. The monoisotopic (exact) mass is 279 g/mol. The summed E-state index contributed by atoms with van der Waals surface area (Å²) < 4.78 is 0. The predicted molar refractivity (Wildman–Crippen MR) is 84.4 cm³/mol. The summed E-state index contributed by atoms with van der Waals surface area (Å²) in [5.41, 5.74) is 5.62. The number of nitrogens with zero attached hydrogens (tertiary/aromatic N) is 2. The van der Waals surface area contributed by atoms with E-state index in [0.717, 1.165) is 39.0 Å². The number of hydrogen-bond acceptors (Lipinski definition) is 3. The van der Waals surface area contributed by atoms with Gasteiger partial charge in [-0.2, -0.15) is 0 Å². The van der Waals surface area contributed by atoms with Gasteiger partial charge >= 0.3 is 0 Å². The number of nitrogens with one attached hydrogen (secondary N) is 1. The summed E-state index contributed by atoms with van der Waals surface area (Å²) in [6, 6.07) is 13.6. The first-order valence-corrected chi connectivity index (χ1v) is 7.90. The normalized spacial score (nSPS) is 22.2. The van der Waals surface area contributed by atoms with Gasteiger partial charge in [-0.15, -0.1) is 0 Å². The fraction of sp³-hybridized carbons (Fsp3) is 0.389. The van der Waals surface area contributed by atoms with Crippen molar-refractivity contribution >= 4 is 0 Å². The minimum atomic E-state index is 0.321. The molecule has 0 saturated carbocycles. The fourth-order valence-corrected chi connectivity index (χ4v) is 3.66. The Bertz CT molecular complexity index is 584. The minimum Gasteiger partial charge on any atom is -0.314 e. The van der Waals surface area contributed by atoms with Gasteiger partial charge in [-0.3, -0.25) is 9.88 Å². The number of aryl methyl sites for hydroxylation is 2. The third-order valence-corrected chi connectivity index (χ3v) is 4.72. The van der Waals surface area contributed by atoms with E-state index in [4.69, 9.17) is 4.98 Å². The lowest BCUT2D eigenvalue weighted by Crippen LogP contribution is -2.45. The van der Waals surface area contributed by atoms with E-state index in [-0.39, 0.29) is 0 Å². The summed E-state index contributed by atoms with van der Waals surface area (Å²) in [5, 5.41) is 3.46. The van der Waals surface area contributed by atoms with Crippen molar-refractivity contribution < 1.29 is 0 Å². The van der Waals surface area contributed by atoms with Gasteiger partial charge in [0.1, 0.15) is 0 Å². The molecule has 1 aliphatic carbocycles. The number of pyridine rings is 1. The molecule has 0 radical (unpaired) electrons. The van der Waals surface area contributed by atoms with Crippen molar-refractivity contribution in [1.82, 2.24) is 15.2 Å². The van der Waals surface area contributed by atoms with Crippen LogP contribution in [0.25, 0.3) is 0 Å². The quantitative estimate of drug-likeness (QED) is 0.867. The fourth-order valence-electron chi connectivity index (χ4n) is 3.66. The zero-order valence-electron chi connectivity index (χ0n) is 12.3. The smallest absolute Gasteiger partial charge is 0.0782 e. The molecule has 1 aromatic heterocycles. The van der Waals surface area contributed by atoms with Gasteiger partial charge < -0.3 is 5.32 Å². The van der Waals surface area contributed by atoms with E-state index in [1.54, 1.807) is 0 Å². The molecule has 4 rings (SSSR count). The van der Waals surface area contributed by atoms with Crippen molar-refractivity contribution in [3.63, 3.8) is 0 Å². The van der Waals surface area contributed by atoms with E-state index < -0.39 is 0 Å². The number of aromatic nitrogens is 1. The van der Waals surface area contributed by atoms with Crippen LogP contribution < -0.4 is 5.32 Å². The lowest BCUT2D eigenvalue weighted by molar-refractivity contribution is 0.195. The molecule has 3 heteroatoms.